The second-order valence-corrected chi connectivity index (χ2v) is 6.42. The van der Waals surface area contributed by atoms with Crippen LogP contribution in [0.2, 0.25) is 0 Å². The monoisotopic (exact) mass is 435 g/mol. The Bertz CT molecular complexity index is 1110. The van der Waals surface area contributed by atoms with E-state index in [2.05, 4.69) is 20.9 Å². The molecule has 0 unspecified atom stereocenters. The van der Waals surface area contributed by atoms with E-state index in [0.29, 0.717) is 16.8 Å². The maximum Gasteiger partial charge on any atom is 0.435 e. The number of anilines is 1. The number of nitrogens with one attached hydrogen (secondary N) is 2. The topological polar surface area (TPSA) is 88.9 Å². The Balaban J connectivity index is 1.78. The lowest BCUT2D eigenvalue weighted by Gasteiger charge is -2.12. The summed E-state index contributed by atoms with van der Waals surface area (Å²) < 4.78 is 54.6. The van der Waals surface area contributed by atoms with E-state index in [0.717, 1.165) is 17.7 Å². The van der Waals surface area contributed by atoms with Crippen molar-refractivity contribution in [1.29, 1.82) is 0 Å². The van der Waals surface area contributed by atoms with Crippen LogP contribution < -0.4 is 10.6 Å². The lowest BCUT2D eigenvalue weighted by atomic mass is 10.1. The number of hydrogen-bond donors (Lipinski definition) is 2. The van der Waals surface area contributed by atoms with Crippen molar-refractivity contribution in [2.45, 2.75) is 19.5 Å². The summed E-state index contributed by atoms with van der Waals surface area (Å²) in [6, 6.07) is 11.3. The highest BCUT2D eigenvalue weighted by Crippen LogP contribution is 2.32. The van der Waals surface area contributed by atoms with Crippen LogP contribution in [0.15, 0.2) is 48.5 Å². The molecule has 0 saturated heterocycles. The van der Waals surface area contributed by atoms with Crippen LogP contribution >= 0.6 is 0 Å². The standard InChI is InChI=1S/C20H17F4N5O2/c1-2-12-6-3-4-9-15(12)26-16(30)11-25-19(31)17-18(20(22,23)24)29(28-27-17)14-8-5-7-13(21)10-14/h3-10H,2,11H2,1H3,(H,25,31)(H,26,30). The quantitative estimate of drug-likeness (QED) is 0.582. The lowest BCUT2D eigenvalue weighted by molar-refractivity contribution is -0.143. The van der Waals surface area contributed by atoms with Crippen molar-refractivity contribution in [2.75, 3.05) is 11.9 Å². The molecule has 1 aromatic heterocycles. The van der Waals surface area contributed by atoms with Crippen LogP contribution in [0, 0.1) is 5.82 Å². The molecule has 162 valence electrons. The number of nitrogens with zero attached hydrogens (tertiary/aromatic N) is 3. The number of carbonyl (C=O) groups is 2. The first-order chi connectivity index (χ1) is 14.7. The van der Waals surface area contributed by atoms with Gasteiger partial charge in [-0.2, -0.15) is 13.2 Å². The zero-order chi connectivity index (χ0) is 22.6. The molecule has 1 heterocycles. The predicted molar refractivity (Wildman–Crippen MR) is 103 cm³/mol. The number of amides is 2. The molecule has 0 aliphatic carbocycles. The SMILES string of the molecule is CCc1ccccc1NC(=O)CNC(=O)c1nnn(-c2cccc(F)c2)c1C(F)(F)F. The summed E-state index contributed by atoms with van der Waals surface area (Å²) in [7, 11) is 0. The molecule has 0 aliphatic heterocycles. The highest BCUT2D eigenvalue weighted by Gasteiger charge is 2.42. The van der Waals surface area contributed by atoms with Crippen LogP contribution in [0.1, 0.15) is 28.7 Å². The van der Waals surface area contributed by atoms with Gasteiger partial charge >= 0.3 is 6.18 Å². The van der Waals surface area contributed by atoms with Gasteiger partial charge in [-0.05, 0) is 36.2 Å². The minimum absolute atomic E-state index is 0.257. The van der Waals surface area contributed by atoms with Crippen molar-refractivity contribution in [3.63, 3.8) is 0 Å². The lowest BCUT2D eigenvalue weighted by Crippen LogP contribution is -2.34. The summed E-state index contributed by atoms with van der Waals surface area (Å²) in [6.45, 7) is 1.31. The number of para-hydroxylation sites is 1. The van der Waals surface area contributed by atoms with Gasteiger partial charge in [-0.15, -0.1) is 5.10 Å². The molecule has 0 fully saturated rings. The van der Waals surface area contributed by atoms with Crippen LogP contribution in [0.5, 0.6) is 0 Å². The van der Waals surface area contributed by atoms with Gasteiger partial charge in [-0.25, -0.2) is 9.07 Å². The average molecular weight is 435 g/mol. The molecular weight excluding hydrogens is 418 g/mol. The molecule has 2 amide bonds. The zero-order valence-corrected chi connectivity index (χ0v) is 16.2. The van der Waals surface area contributed by atoms with Gasteiger partial charge in [0.1, 0.15) is 5.82 Å². The molecule has 2 aromatic carbocycles. The molecule has 0 aliphatic rings. The third kappa shape index (κ3) is 5.05. The normalized spacial score (nSPS) is 11.3. The fourth-order valence-corrected chi connectivity index (χ4v) is 2.87. The number of carbonyl (C=O) groups excluding carboxylic acids is 2. The number of benzene rings is 2. The smallest absolute Gasteiger partial charge is 0.341 e. The minimum atomic E-state index is -5.01. The van der Waals surface area contributed by atoms with Gasteiger partial charge in [-0.3, -0.25) is 9.59 Å². The average Bonchev–Trinajstić information content (AvgIpc) is 3.18. The number of aromatic nitrogens is 3. The largest absolute Gasteiger partial charge is 0.435 e. The van der Waals surface area contributed by atoms with E-state index in [4.69, 9.17) is 0 Å². The van der Waals surface area contributed by atoms with E-state index in [1.165, 1.54) is 12.1 Å². The van der Waals surface area contributed by atoms with Crippen molar-refractivity contribution in [2.24, 2.45) is 0 Å². The molecule has 0 atom stereocenters. The Morgan fingerprint density at radius 2 is 1.84 bits per heavy atom. The van der Waals surface area contributed by atoms with E-state index < -0.39 is 41.7 Å². The molecule has 0 spiro atoms. The van der Waals surface area contributed by atoms with Crippen LogP contribution in [0.4, 0.5) is 23.2 Å². The van der Waals surface area contributed by atoms with Gasteiger partial charge in [0.05, 0.1) is 12.2 Å². The van der Waals surface area contributed by atoms with Crippen LogP contribution in [0.25, 0.3) is 5.69 Å². The van der Waals surface area contributed by atoms with Crippen molar-refractivity contribution in [1.82, 2.24) is 20.3 Å². The third-order valence-corrected chi connectivity index (χ3v) is 4.29. The fourth-order valence-electron chi connectivity index (χ4n) is 2.87. The molecule has 3 aromatic rings. The molecule has 0 bridgehead atoms. The highest BCUT2D eigenvalue weighted by atomic mass is 19.4. The Morgan fingerprint density at radius 3 is 2.52 bits per heavy atom. The first-order valence-electron chi connectivity index (χ1n) is 9.15. The van der Waals surface area contributed by atoms with Gasteiger partial charge in [0.25, 0.3) is 5.91 Å². The molecule has 3 rings (SSSR count). The van der Waals surface area contributed by atoms with E-state index in [1.54, 1.807) is 18.2 Å². The molecule has 7 nitrogen and oxygen atoms in total. The Morgan fingerprint density at radius 1 is 1.10 bits per heavy atom. The first-order valence-corrected chi connectivity index (χ1v) is 9.15. The third-order valence-electron chi connectivity index (χ3n) is 4.29. The van der Waals surface area contributed by atoms with Crippen molar-refractivity contribution < 1.29 is 27.2 Å². The Labute approximate surface area is 174 Å². The number of halogens is 4. The van der Waals surface area contributed by atoms with E-state index in [9.17, 15) is 27.2 Å². The maximum absolute atomic E-state index is 13.6. The number of alkyl halides is 3. The summed E-state index contributed by atoms with van der Waals surface area (Å²) in [4.78, 5) is 24.5. The molecule has 11 heteroatoms. The van der Waals surface area contributed by atoms with Crippen LogP contribution in [-0.2, 0) is 17.4 Å². The first kappa shape index (κ1) is 21.9. The molecular formula is C20H17F4N5O2. The fraction of sp³-hybridized carbons (Fsp3) is 0.200. The summed E-state index contributed by atoms with van der Waals surface area (Å²) >= 11 is 0. The molecule has 2 N–H and O–H groups in total. The van der Waals surface area contributed by atoms with Gasteiger partial charge in [0.2, 0.25) is 5.91 Å². The van der Waals surface area contributed by atoms with Crippen molar-refractivity contribution in [3.8, 4) is 5.69 Å². The van der Waals surface area contributed by atoms with Crippen molar-refractivity contribution in [3.05, 3.63) is 71.3 Å². The summed E-state index contributed by atoms with van der Waals surface area (Å²) in [5.41, 5.74) is -1.37. The maximum atomic E-state index is 13.6. The second kappa shape index (κ2) is 8.94. The van der Waals surface area contributed by atoms with E-state index >= 15 is 0 Å². The van der Waals surface area contributed by atoms with E-state index in [1.807, 2.05) is 13.0 Å². The highest BCUT2D eigenvalue weighted by molar-refractivity contribution is 5.99. The van der Waals surface area contributed by atoms with Gasteiger partial charge in [0.15, 0.2) is 11.4 Å². The van der Waals surface area contributed by atoms with E-state index in [-0.39, 0.29) is 5.69 Å². The van der Waals surface area contributed by atoms with Gasteiger partial charge < -0.3 is 10.6 Å². The van der Waals surface area contributed by atoms with Gasteiger partial charge in [0, 0.05) is 5.69 Å². The molecule has 0 radical (unpaired) electrons. The number of hydrogen-bond acceptors (Lipinski definition) is 4. The van der Waals surface area contributed by atoms with Crippen molar-refractivity contribution >= 4 is 17.5 Å². The summed E-state index contributed by atoms with van der Waals surface area (Å²) in [5, 5.41) is 11.4. The second-order valence-electron chi connectivity index (χ2n) is 6.42. The molecule has 31 heavy (non-hydrogen) atoms. The Kier molecular flexibility index (Phi) is 6.33. The number of rotatable bonds is 6. The number of aryl methyl sites for hydroxylation is 1. The summed E-state index contributed by atoms with van der Waals surface area (Å²) in [5.74, 6) is -2.65. The summed E-state index contributed by atoms with van der Waals surface area (Å²) in [6.07, 6.45) is -4.36. The molecule has 0 saturated carbocycles. The predicted octanol–water partition coefficient (Wildman–Crippen LogP) is 3.36. The minimum Gasteiger partial charge on any atom is -0.341 e. The zero-order valence-electron chi connectivity index (χ0n) is 16.2. The van der Waals surface area contributed by atoms with Gasteiger partial charge in [-0.1, -0.05) is 36.4 Å². The van der Waals surface area contributed by atoms with Crippen LogP contribution in [-0.4, -0.2) is 33.4 Å². The Hall–Kier alpha value is -3.76. The van der Waals surface area contributed by atoms with Crippen LogP contribution in [0.3, 0.4) is 0 Å².